The van der Waals surface area contributed by atoms with Gasteiger partial charge in [0, 0.05) is 44.3 Å². The first-order valence-corrected chi connectivity index (χ1v) is 13.8. The van der Waals surface area contributed by atoms with Gasteiger partial charge in [0.05, 0.1) is 19.1 Å². The van der Waals surface area contributed by atoms with Crippen molar-refractivity contribution < 1.29 is 19.1 Å². The van der Waals surface area contributed by atoms with E-state index in [1.807, 2.05) is 40.1 Å². The third-order valence-electron chi connectivity index (χ3n) is 7.48. The smallest absolute Gasteiger partial charge is 0.317 e. The number of likely N-dealkylation sites (tertiary alicyclic amines) is 2. The van der Waals surface area contributed by atoms with Gasteiger partial charge >= 0.3 is 6.03 Å². The molecule has 0 spiro atoms. The van der Waals surface area contributed by atoms with Gasteiger partial charge in [-0.3, -0.25) is 19.8 Å². The van der Waals surface area contributed by atoms with Crippen LogP contribution in [0.3, 0.4) is 0 Å². The van der Waals surface area contributed by atoms with E-state index in [2.05, 4.69) is 15.2 Å². The Hall–Kier alpha value is -3.02. The molecule has 3 aliphatic heterocycles. The van der Waals surface area contributed by atoms with Gasteiger partial charge in [-0.05, 0) is 32.2 Å². The van der Waals surface area contributed by atoms with Gasteiger partial charge in [-0.2, -0.15) is 0 Å². The maximum atomic E-state index is 13.5. The lowest BCUT2D eigenvalue weighted by molar-refractivity contribution is -0.141. The minimum atomic E-state index is -0.720. The fourth-order valence-electron chi connectivity index (χ4n) is 5.53. The van der Waals surface area contributed by atoms with E-state index in [1.165, 1.54) is 11.3 Å². The number of piperidine rings is 2. The van der Waals surface area contributed by atoms with Crippen molar-refractivity contribution in [2.75, 3.05) is 57.8 Å². The maximum absolute atomic E-state index is 13.5. The molecule has 3 N–H and O–H groups in total. The largest absolute Gasteiger partial charge is 0.378 e. The maximum Gasteiger partial charge on any atom is 0.317 e. The van der Waals surface area contributed by atoms with Gasteiger partial charge in [-0.25, -0.2) is 9.78 Å². The van der Waals surface area contributed by atoms with Crippen LogP contribution in [0.1, 0.15) is 36.2 Å². The van der Waals surface area contributed by atoms with E-state index in [1.54, 1.807) is 0 Å². The van der Waals surface area contributed by atoms with Crippen molar-refractivity contribution in [2.24, 2.45) is 11.7 Å². The summed E-state index contributed by atoms with van der Waals surface area (Å²) in [5.41, 5.74) is 6.48. The van der Waals surface area contributed by atoms with Gasteiger partial charge in [0.25, 0.3) is 5.91 Å². The summed E-state index contributed by atoms with van der Waals surface area (Å²) in [7, 11) is 0. The Kier molecular flexibility index (Phi) is 8.02. The Bertz CT molecular complexity index is 1110. The molecule has 5 rings (SSSR count). The molecular formula is C26H34N6O4S. The molecule has 0 bridgehead atoms. The molecule has 10 nitrogen and oxygen atoms in total. The second-order valence-corrected chi connectivity index (χ2v) is 10.8. The number of carbonyl (C=O) groups excluding carboxylic acids is 3. The minimum Gasteiger partial charge on any atom is -0.378 e. The Morgan fingerprint density at radius 3 is 2.41 bits per heavy atom. The highest BCUT2D eigenvalue weighted by molar-refractivity contribution is 7.19. The van der Waals surface area contributed by atoms with Gasteiger partial charge in [0.1, 0.15) is 10.0 Å². The van der Waals surface area contributed by atoms with Crippen molar-refractivity contribution in [2.45, 2.75) is 31.7 Å². The number of hydrogen-bond donors (Lipinski definition) is 2. The molecule has 37 heavy (non-hydrogen) atoms. The van der Waals surface area contributed by atoms with E-state index in [-0.39, 0.29) is 23.4 Å². The number of nitrogens with one attached hydrogen (secondary N) is 1. The van der Waals surface area contributed by atoms with Crippen LogP contribution in [0.4, 0.5) is 9.80 Å². The molecule has 198 valence electrons. The number of anilines is 1. The zero-order valence-electron chi connectivity index (χ0n) is 20.9. The molecule has 1 unspecified atom stereocenters. The molecule has 4 amide bonds. The van der Waals surface area contributed by atoms with Crippen LogP contribution in [0.5, 0.6) is 0 Å². The number of hydrogen-bond acceptors (Lipinski definition) is 7. The van der Waals surface area contributed by atoms with Crippen molar-refractivity contribution in [3.8, 4) is 10.6 Å². The van der Waals surface area contributed by atoms with E-state index in [9.17, 15) is 14.4 Å². The van der Waals surface area contributed by atoms with Gasteiger partial charge in [-0.15, -0.1) is 0 Å². The Labute approximate surface area is 220 Å². The summed E-state index contributed by atoms with van der Waals surface area (Å²) in [5, 5.41) is 3.62. The van der Waals surface area contributed by atoms with Crippen LogP contribution in [-0.2, 0) is 9.53 Å². The van der Waals surface area contributed by atoms with E-state index >= 15 is 0 Å². The van der Waals surface area contributed by atoms with Crippen LogP contribution >= 0.6 is 11.3 Å². The van der Waals surface area contributed by atoms with Crippen LogP contribution in [0, 0.1) is 5.92 Å². The number of carbonyl (C=O) groups is 3. The molecule has 11 heteroatoms. The molecule has 3 saturated heterocycles. The first kappa shape index (κ1) is 25.6. The molecule has 0 radical (unpaired) electrons. The fraction of sp³-hybridized carbons (Fsp3) is 0.538. The lowest BCUT2D eigenvalue weighted by atomic mass is 9.92. The highest BCUT2D eigenvalue weighted by atomic mass is 32.1. The van der Waals surface area contributed by atoms with Gasteiger partial charge in [-0.1, -0.05) is 41.7 Å². The number of thiazole rings is 1. The third kappa shape index (κ3) is 5.94. The van der Waals surface area contributed by atoms with Crippen LogP contribution in [0.2, 0.25) is 0 Å². The monoisotopic (exact) mass is 526 g/mol. The van der Waals surface area contributed by atoms with E-state index in [4.69, 9.17) is 10.5 Å². The van der Waals surface area contributed by atoms with E-state index in [0.29, 0.717) is 55.4 Å². The Morgan fingerprint density at radius 1 is 0.973 bits per heavy atom. The number of morpholine rings is 1. The number of rotatable bonds is 5. The first-order chi connectivity index (χ1) is 18.0. The topological polar surface area (TPSA) is 121 Å². The Morgan fingerprint density at radius 2 is 1.70 bits per heavy atom. The predicted molar refractivity (Wildman–Crippen MR) is 141 cm³/mol. The number of aromatic nitrogens is 1. The van der Waals surface area contributed by atoms with Crippen molar-refractivity contribution in [3.05, 3.63) is 36.0 Å². The molecule has 1 atom stereocenters. The second kappa shape index (κ2) is 11.6. The molecule has 0 aliphatic carbocycles. The molecule has 3 aliphatic rings. The van der Waals surface area contributed by atoms with Crippen LogP contribution in [-0.4, -0.2) is 96.1 Å². The highest BCUT2D eigenvalue weighted by Gasteiger charge is 2.35. The summed E-state index contributed by atoms with van der Waals surface area (Å²) in [5.74, 6) is 0.104. The SMILES string of the molecule is NC(=O)Nc1sc(-c2ccccc2)nc1C(=O)N1CCC(N2CCCC(C(=O)N3CCOCC3)C2)CC1. The molecular weight excluding hydrogens is 492 g/mol. The summed E-state index contributed by atoms with van der Waals surface area (Å²) in [6.07, 6.45) is 3.65. The van der Waals surface area contributed by atoms with E-state index < -0.39 is 6.03 Å². The lowest BCUT2D eigenvalue weighted by Crippen LogP contribution is -2.53. The Balaban J connectivity index is 1.21. The highest BCUT2D eigenvalue weighted by Crippen LogP contribution is 2.34. The zero-order chi connectivity index (χ0) is 25.8. The van der Waals surface area contributed by atoms with Crippen LogP contribution in [0.25, 0.3) is 10.6 Å². The number of amides is 4. The zero-order valence-corrected chi connectivity index (χ0v) is 21.8. The standard InChI is InChI=1S/C26H34N6O4S/c27-26(35)29-23-21(28-22(37-23)18-5-2-1-3-6-18)25(34)30-11-8-20(9-12-30)32-10-4-7-19(17-32)24(33)31-13-15-36-16-14-31/h1-3,5-6,19-20H,4,7-17H2,(H3,27,29,35). The molecule has 0 saturated carbocycles. The number of primary amides is 1. The van der Waals surface area contributed by atoms with Crippen LogP contribution in [0.15, 0.2) is 30.3 Å². The molecule has 2 aromatic rings. The minimum absolute atomic E-state index is 0.0420. The first-order valence-electron chi connectivity index (χ1n) is 13.0. The molecule has 1 aromatic carbocycles. The van der Waals surface area contributed by atoms with Gasteiger partial charge < -0.3 is 20.3 Å². The van der Waals surface area contributed by atoms with Crippen molar-refractivity contribution >= 4 is 34.2 Å². The predicted octanol–water partition coefficient (Wildman–Crippen LogP) is 2.48. The normalized spacial score (nSPS) is 21.6. The summed E-state index contributed by atoms with van der Waals surface area (Å²) in [4.78, 5) is 48.9. The van der Waals surface area contributed by atoms with Crippen molar-refractivity contribution in [1.82, 2.24) is 19.7 Å². The number of ether oxygens (including phenoxy) is 1. The van der Waals surface area contributed by atoms with Crippen molar-refractivity contribution in [1.29, 1.82) is 0 Å². The molecule has 4 heterocycles. The lowest BCUT2D eigenvalue weighted by Gasteiger charge is -2.43. The average molecular weight is 527 g/mol. The number of urea groups is 1. The summed E-state index contributed by atoms with van der Waals surface area (Å²) >= 11 is 1.25. The average Bonchev–Trinajstić information content (AvgIpc) is 3.36. The second-order valence-electron chi connectivity index (χ2n) is 9.85. The number of nitrogens with two attached hydrogens (primary N) is 1. The van der Waals surface area contributed by atoms with Crippen LogP contribution < -0.4 is 11.1 Å². The summed E-state index contributed by atoms with van der Waals surface area (Å²) < 4.78 is 5.40. The quantitative estimate of drug-likeness (QED) is 0.618. The summed E-state index contributed by atoms with van der Waals surface area (Å²) in [6, 6.07) is 9.20. The number of nitrogens with zero attached hydrogens (tertiary/aromatic N) is 4. The van der Waals surface area contributed by atoms with Gasteiger partial charge in [0.15, 0.2) is 5.69 Å². The van der Waals surface area contributed by atoms with Gasteiger partial charge in [0.2, 0.25) is 5.91 Å². The third-order valence-corrected chi connectivity index (χ3v) is 8.50. The fourth-order valence-corrected chi connectivity index (χ4v) is 6.50. The number of benzene rings is 1. The molecule has 1 aromatic heterocycles. The van der Waals surface area contributed by atoms with E-state index in [0.717, 1.165) is 44.3 Å². The summed E-state index contributed by atoms with van der Waals surface area (Å²) in [6.45, 7) is 5.61. The molecule has 3 fully saturated rings. The van der Waals surface area contributed by atoms with Crippen molar-refractivity contribution in [3.63, 3.8) is 0 Å².